The van der Waals surface area contributed by atoms with E-state index in [4.69, 9.17) is 5.73 Å². The summed E-state index contributed by atoms with van der Waals surface area (Å²) in [4.78, 5) is 18.7. The number of nitrogens with two attached hydrogens (primary N) is 1. The van der Waals surface area contributed by atoms with Gasteiger partial charge >= 0.3 is 0 Å². The number of nitrogens with zero attached hydrogens (tertiary/aromatic N) is 3. The number of rotatable bonds is 3. The number of aromatic nitrogens is 2. The van der Waals surface area contributed by atoms with E-state index in [0.717, 1.165) is 30.6 Å². The zero-order chi connectivity index (χ0) is 15.5. The van der Waals surface area contributed by atoms with Crippen LogP contribution in [0.15, 0.2) is 43.0 Å². The first-order chi connectivity index (χ1) is 10.7. The summed E-state index contributed by atoms with van der Waals surface area (Å²) < 4.78 is 1.92. The first-order valence-corrected chi connectivity index (χ1v) is 7.78. The molecule has 2 heterocycles. The largest absolute Gasteiger partial charge is 0.334 e. The van der Waals surface area contributed by atoms with E-state index < -0.39 is 0 Å². The van der Waals surface area contributed by atoms with Crippen molar-refractivity contribution >= 4 is 5.91 Å². The molecule has 1 aliphatic heterocycles. The van der Waals surface area contributed by atoms with Crippen LogP contribution in [0.4, 0.5) is 0 Å². The Balaban J connectivity index is 1.77. The maximum absolute atomic E-state index is 12.7. The zero-order valence-electron chi connectivity index (χ0n) is 12.9. The molecule has 0 radical (unpaired) electrons. The van der Waals surface area contributed by atoms with E-state index >= 15 is 0 Å². The summed E-state index contributed by atoms with van der Waals surface area (Å²) in [5.41, 5.74) is 7.57. The van der Waals surface area contributed by atoms with E-state index in [-0.39, 0.29) is 11.9 Å². The van der Waals surface area contributed by atoms with E-state index in [1.165, 1.54) is 0 Å². The molecule has 2 aromatic rings. The van der Waals surface area contributed by atoms with E-state index in [9.17, 15) is 4.79 Å². The van der Waals surface area contributed by atoms with Crippen molar-refractivity contribution in [2.75, 3.05) is 13.1 Å². The van der Waals surface area contributed by atoms with Crippen LogP contribution in [0.2, 0.25) is 0 Å². The molecule has 2 atom stereocenters. The molecule has 1 aromatic carbocycles. The molecule has 0 saturated carbocycles. The third kappa shape index (κ3) is 2.90. The summed E-state index contributed by atoms with van der Waals surface area (Å²) in [7, 11) is 0. The highest BCUT2D eigenvalue weighted by molar-refractivity contribution is 5.94. The van der Waals surface area contributed by atoms with Crippen molar-refractivity contribution in [1.82, 2.24) is 14.5 Å². The maximum atomic E-state index is 12.7. The van der Waals surface area contributed by atoms with Crippen molar-refractivity contribution in [2.24, 2.45) is 11.7 Å². The molecule has 1 fully saturated rings. The Labute approximate surface area is 130 Å². The highest BCUT2D eigenvalue weighted by Crippen LogP contribution is 2.24. The molecular weight excluding hydrogens is 276 g/mol. The molecule has 5 heteroatoms. The van der Waals surface area contributed by atoms with Crippen LogP contribution in [-0.2, 0) is 0 Å². The molecule has 0 spiro atoms. The summed E-state index contributed by atoms with van der Waals surface area (Å²) in [5, 5.41) is 0. The topological polar surface area (TPSA) is 64.2 Å². The number of piperidine rings is 1. The molecule has 3 rings (SSSR count). The molecule has 1 saturated heterocycles. The average Bonchev–Trinajstić information content (AvgIpc) is 3.08. The average molecular weight is 298 g/mol. The van der Waals surface area contributed by atoms with Gasteiger partial charge < -0.3 is 15.2 Å². The van der Waals surface area contributed by atoms with Crippen LogP contribution >= 0.6 is 0 Å². The number of carbonyl (C=O) groups excluding carboxylic acids is 1. The second-order valence-electron chi connectivity index (χ2n) is 6.03. The fourth-order valence-corrected chi connectivity index (χ4v) is 3.10. The minimum Gasteiger partial charge on any atom is -0.334 e. The van der Waals surface area contributed by atoms with Gasteiger partial charge in [-0.15, -0.1) is 0 Å². The van der Waals surface area contributed by atoms with Crippen molar-refractivity contribution in [3.63, 3.8) is 0 Å². The normalized spacial score (nSPS) is 21.8. The van der Waals surface area contributed by atoms with E-state index in [1.54, 1.807) is 12.5 Å². The number of amides is 1. The number of benzene rings is 1. The molecule has 1 amide bonds. The number of imidazole rings is 1. The SMILES string of the molecule is CC1CCN(C(=O)c2ccc(-n3ccnc3)cc2)C(CN)C1. The van der Waals surface area contributed by atoms with Gasteiger partial charge in [0, 0.05) is 42.8 Å². The molecule has 1 aromatic heterocycles. The van der Waals surface area contributed by atoms with E-state index in [0.29, 0.717) is 12.5 Å². The first-order valence-electron chi connectivity index (χ1n) is 7.78. The monoisotopic (exact) mass is 298 g/mol. The molecule has 0 bridgehead atoms. The van der Waals surface area contributed by atoms with E-state index in [2.05, 4.69) is 11.9 Å². The van der Waals surface area contributed by atoms with Gasteiger partial charge in [0.25, 0.3) is 5.91 Å². The number of likely N-dealkylation sites (tertiary alicyclic amines) is 1. The second kappa shape index (κ2) is 6.32. The standard InChI is InChI=1S/C17H22N4O/c1-13-6-8-21(16(10-13)11-18)17(22)14-2-4-15(5-3-14)20-9-7-19-12-20/h2-5,7,9,12-13,16H,6,8,10-11,18H2,1H3. The van der Waals surface area contributed by atoms with Crippen molar-refractivity contribution in [3.8, 4) is 5.69 Å². The molecule has 2 unspecified atom stereocenters. The lowest BCUT2D eigenvalue weighted by Gasteiger charge is -2.38. The summed E-state index contributed by atoms with van der Waals surface area (Å²) in [6.45, 7) is 3.55. The minimum absolute atomic E-state index is 0.0829. The molecule has 2 N–H and O–H groups in total. The van der Waals surface area contributed by atoms with Gasteiger partial charge in [-0.2, -0.15) is 0 Å². The Morgan fingerprint density at radius 1 is 1.36 bits per heavy atom. The van der Waals surface area contributed by atoms with E-state index in [1.807, 2.05) is 39.9 Å². The Morgan fingerprint density at radius 2 is 2.14 bits per heavy atom. The summed E-state index contributed by atoms with van der Waals surface area (Å²) in [6, 6.07) is 7.80. The van der Waals surface area contributed by atoms with Crippen molar-refractivity contribution in [2.45, 2.75) is 25.8 Å². The third-order valence-corrected chi connectivity index (χ3v) is 4.43. The van der Waals surface area contributed by atoms with Crippen molar-refractivity contribution < 1.29 is 4.79 Å². The number of hydrogen-bond donors (Lipinski definition) is 1. The third-order valence-electron chi connectivity index (χ3n) is 4.43. The summed E-state index contributed by atoms with van der Waals surface area (Å²) in [6.07, 6.45) is 7.41. The van der Waals surface area contributed by atoms with Crippen molar-refractivity contribution in [3.05, 3.63) is 48.5 Å². The van der Waals surface area contributed by atoms with Crippen molar-refractivity contribution in [1.29, 1.82) is 0 Å². The van der Waals surface area contributed by atoms with Gasteiger partial charge in [0.05, 0.1) is 6.33 Å². The highest BCUT2D eigenvalue weighted by Gasteiger charge is 2.29. The quantitative estimate of drug-likeness (QED) is 0.943. The number of hydrogen-bond acceptors (Lipinski definition) is 3. The fraction of sp³-hybridized carbons (Fsp3) is 0.412. The summed E-state index contributed by atoms with van der Waals surface area (Å²) >= 11 is 0. The predicted molar refractivity (Wildman–Crippen MR) is 85.8 cm³/mol. The van der Waals surface area contributed by atoms with Gasteiger partial charge in [-0.05, 0) is 43.0 Å². The predicted octanol–water partition coefficient (Wildman–Crippen LogP) is 2.07. The molecule has 1 aliphatic rings. The molecular formula is C17H22N4O. The highest BCUT2D eigenvalue weighted by atomic mass is 16.2. The first kappa shape index (κ1) is 14.8. The molecule has 22 heavy (non-hydrogen) atoms. The van der Waals surface area contributed by atoms with Crippen LogP contribution in [0.1, 0.15) is 30.1 Å². The van der Waals surface area contributed by atoms with Gasteiger partial charge in [-0.25, -0.2) is 4.98 Å². The lowest BCUT2D eigenvalue weighted by atomic mass is 9.92. The van der Waals surface area contributed by atoms with Gasteiger partial charge in [-0.1, -0.05) is 6.92 Å². The van der Waals surface area contributed by atoms with Crippen LogP contribution in [0.3, 0.4) is 0 Å². The van der Waals surface area contributed by atoms with Crippen LogP contribution < -0.4 is 5.73 Å². The summed E-state index contributed by atoms with van der Waals surface area (Å²) in [5.74, 6) is 0.723. The van der Waals surface area contributed by atoms with Crippen LogP contribution in [0, 0.1) is 5.92 Å². The minimum atomic E-state index is 0.0829. The molecule has 0 aliphatic carbocycles. The van der Waals surface area contributed by atoms with Crippen LogP contribution in [0.5, 0.6) is 0 Å². The number of carbonyl (C=O) groups is 1. The Kier molecular flexibility index (Phi) is 4.24. The molecule has 116 valence electrons. The zero-order valence-corrected chi connectivity index (χ0v) is 12.9. The Bertz CT molecular complexity index is 621. The van der Waals surface area contributed by atoms with Crippen LogP contribution in [0.25, 0.3) is 5.69 Å². The Morgan fingerprint density at radius 3 is 2.77 bits per heavy atom. The second-order valence-corrected chi connectivity index (χ2v) is 6.03. The van der Waals surface area contributed by atoms with Gasteiger partial charge in [0.2, 0.25) is 0 Å². The smallest absolute Gasteiger partial charge is 0.254 e. The molecule has 5 nitrogen and oxygen atoms in total. The Hall–Kier alpha value is -2.14. The fourth-order valence-electron chi connectivity index (χ4n) is 3.10. The maximum Gasteiger partial charge on any atom is 0.254 e. The van der Waals surface area contributed by atoms with Gasteiger partial charge in [-0.3, -0.25) is 4.79 Å². The van der Waals surface area contributed by atoms with Gasteiger partial charge in [0.1, 0.15) is 0 Å². The lowest BCUT2D eigenvalue weighted by Crippen LogP contribution is -2.49. The van der Waals surface area contributed by atoms with Gasteiger partial charge in [0.15, 0.2) is 0 Å². The lowest BCUT2D eigenvalue weighted by molar-refractivity contribution is 0.0573. The van der Waals surface area contributed by atoms with Crippen LogP contribution in [-0.4, -0.2) is 39.5 Å².